The summed E-state index contributed by atoms with van der Waals surface area (Å²) in [6, 6.07) is 6.77. The third-order valence-corrected chi connectivity index (χ3v) is 5.50. The summed E-state index contributed by atoms with van der Waals surface area (Å²) in [6.45, 7) is -1.99. The van der Waals surface area contributed by atoms with Gasteiger partial charge in [0, 0.05) is 0 Å². The highest BCUT2D eigenvalue weighted by molar-refractivity contribution is 6.81. The Bertz CT molecular complexity index is 370. The Labute approximate surface area is 102 Å². The van der Waals surface area contributed by atoms with E-state index in [9.17, 15) is 22.0 Å². The summed E-state index contributed by atoms with van der Waals surface area (Å²) in [6.07, 6.45) is -5.02. The topological polar surface area (TPSA) is 18.5 Å². The molecule has 0 fully saturated rings. The molecule has 102 valence electrons. The second-order valence-corrected chi connectivity index (χ2v) is 6.63. The molecular formula is C10H11F5O2Si. The van der Waals surface area contributed by atoms with Crippen molar-refractivity contribution in [3.63, 3.8) is 0 Å². The molecule has 0 aliphatic carbocycles. The van der Waals surface area contributed by atoms with E-state index in [4.69, 9.17) is 0 Å². The van der Waals surface area contributed by atoms with Crippen LogP contribution < -0.4 is 5.19 Å². The van der Waals surface area contributed by atoms with E-state index in [-0.39, 0.29) is 11.2 Å². The van der Waals surface area contributed by atoms with Gasteiger partial charge in [0.15, 0.2) is 0 Å². The highest BCUT2D eigenvalue weighted by Gasteiger charge is 2.50. The molecule has 0 N–H and O–H groups in total. The third kappa shape index (κ3) is 4.04. The van der Waals surface area contributed by atoms with Gasteiger partial charge in [-0.1, -0.05) is 37.3 Å². The second kappa shape index (κ2) is 5.76. The zero-order chi connectivity index (χ0) is 13.8. The summed E-state index contributed by atoms with van der Waals surface area (Å²) < 4.78 is 69.9. The maximum absolute atomic E-state index is 12.4. The molecule has 0 aromatic heterocycles. The molecule has 0 bridgehead atoms. The van der Waals surface area contributed by atoms with Crippen molar-refractivity contribution >= 4 is 13.7 Å². The third-order valence-electron chi connectivity index (χ3n) is 2.24. The number of halogens is 5. The van der Waals surface area contributed by atoms with Crippen LogP contribution in [0.25, 0.3) is 0 Å². The van der Waals surface area contributed by atoms with Gasteiger partial charge in [-0.2, -0.15) is 8.78 Å². The quantitative estimate of drug-likeness (QED) is 0.611. The number of benzene rings is 1. The van der Waals surface area contributed by atoms with E-state index in [1.54, 1.807) is 6.07 Å². The summed E-state index contributed by atoms with van der Waals surface area (Å²) in [4.78, 5) is 0. The van der Waals surface area contributed by atoms with Crippen LogP contribution >= 0.6 is 0 Å². The molecule has 1 aromatic rings. The summed E-state index contributed by atoms with van der Waals surface area (Å²) in [7, 11) is -4.22. The zero-order valence-corrected chi connectivity index (χ0v) is 10.4. The van der Waals surface area contributed by atoms with Crippen LogP contribution in [-0.4, -0.2) is 21.5 Å². The van der Waals surface area contributed by atoms with Crippen molar-refractivity contribution in [1.29, 1.82) is 0 Å². The Morgan fingerprint density at radius 1 is 1.17 bits per heavy atom. The fraction of sp³-hybridized carbons (Fsp3) is 0.400. The molecule has 0 saturated carbocycles. The van der Waals surface area contributed by atoms with Crippen LogP contribution in [0.4, 0.5) is 22.0 Å². The zero-order valence-electron chi connectivity index (χ0n) is 9.38. The molecule has 0 aliphatic rings. The average Bonchev–Trinajstić information content (AvgIpc) is 2.26. The van der Waals surface area contributed by atoms with Gasteiger partial charge in [-0.05, 0) is 11.2 Å². The molecule has 0 saturated heterocycles. The SMILES string of the molecule is CC[Si](OC(F)F)(OC(F)(F)F)c1ccccc1. The first-order chi connectivity index (χ1) is 8.29. The lowest BCUT2D eigenvalue weighted by Gasteiger charge is -2.30. The number of hydrogen-bond acceptors (Lipinski definition) is 2. The van der Waals surface area contributed by atoms with E-state index in [0.717, 1.165) is 0 Å². The van der Waals surface area contributed by atoms with Gasteiger partial charge < -0.3 is 8.85 Å². The minimum Gasteiger partial charge on any atom is -0.334 e. The molecular weight excluding hydrogens is 275 g/mol. The molecule has 2 nitrogen and oxygen atoms in total. The van der Waals surface area contributed by atoms with E-state index in [1.165, 1.54) is 31.2 Å². The molecule has 1 aromatic carbocycles. The van der Waals surface area contributed by atoms with Crippen LogP contribution in [0.5, 0.6) is 0 Å². The fourth-order valence-electron chi connectivity index (χ4n) is 1.53. The smallest absolute Gasteiger partial charge is 0.334 e. The van der Waals surface area contributed by atoms with Gasteiger partial charge in [0.05, 0.1) is 0 Å². The van der Waals surface area contributed by atoms with Gasteiger partial charge in [0.2, 0.25) is 0 Å². The van der Waals surface area contributed by atoms with Crippen LogP contribution in [-0.2, 0) is 8.85 Å². The van der Waals surface area contributed by atoms with Crippen molar-refractivity contribution in [2.24, 2.45) is 0 Å². The van der Waals surface area contributed by atoms with Crippen molar-refractivity contribution in [3.8, 4) is 0 Å². The van der Waals surface area contributed by atoms with Gasteiger partial charge in [-0.25, -0.2) is 0 Å². The molecule has 0 aliphatic heterocycles. The average molecular weight is 286 g/mol. The summed E-state index contributed by atoms with van der Waals surface area (Å²) >= 11 is 0. The van der Waals surface area contributed by atoms with Crippen molar-refractivity contribution in [1.82, 2.24) is 0 Å². The Balaban J connectivity index is 3.14. The minimum atomic E-state index is -5.02. The van der Waals surface area contributed by atoms with E-state index in [0.29, 0.717) is 0 Å². The van der Waals surface area contributed by atoms with Crippen LogP contribution in [0.15, 0.2) is 30.3 Å². The molecule has 0 amide bonds. The maximum atomic E-state index is 12.4. The van der Waals surface area contributed by atoms with E-state index >= 15 is 0 Å². The highest BCUT2D eigenvalue weighted by atomic mass is 28.4. The van der Waals surface area contributed by atoms with Crippen molar-refractivity contribution < 1.29 is 30.8 Å². The summed E-state index contributed by atoms with van der Waals surface area (Å²) in [5.74, 6) is 0. The van der Waals surface area contributed by atoms with Crippen molar-refractivity contribution in [2.45, 2.75) is 25.9 Å². The van der Waals surface area contributed by atoms with Crippen LogP contribution in [0, 0.1) is 0 Å². The summed E-state index contributed by atoms with van der Waals surface area (Å²) in [5.41, 5.74) is 0. The first-order valence-electron chi connectivity index (χ1n) is 5.07. The Kier molecular flexibility index (Phi) is 4.82. The first kappa shape index (κ1) is 15.1. The molecule has 1 atom stereocenters. The lowest BCUT2D eigenvalue weighted by molar-refractivity contribution is -0.291. The minimum absolute atomic E-state index is 0.0186. The van der Waals surface area contributed by atoms with Crippen molar-refractivity contribution in [3.05, 3.63) is 30.3 Å². The molecule has 1 rings (SSSR count). The van der Waals surface area contributed by atoms with Crippen LogP contribution in [0.2, 0.25) is 6.04 Å². The predicted octanol–water partition coefficient (Wildman–Crippen LogP) is 3.13. The fourth-order valence-corrected chi connectivity index (χ4v) is 3.92. The summed E-state index contributed by atoms with van der Waals surface area (Å²) in [5, 5.41) is 0.0186. The Hall–Kier alpha value is -0.993. The Morgan fingerprint density at radius 2 is 1.72 bits per heavy atom. The maximum Gasteiger partial charge on any atom is 0.514 e. The van der Waals surface area contributed by atoms with Crippen LogP contribution in [0.1, 0.15) is 6.92 Å². The lowest BCUT2D eigenvalue weighted by Crippen LogP contribution is -2.57. The number of rotatable bonds is 5. The monoisotopic (exact) mass is 286 g/mol. The van der Waals surface area contributed by atoms with E-state index < -0.39 is 21.5 Å². The second-order valence-electron chi connectivity index (χ2n) is 3.40. The first-order valence-corrected chi connectivity index (χ1v) is 7.10. The predicted molar refractivity (Wildman–Crippen MR) is 56.5 cm³/mol. The van der Waals surface area contributed by atoms with E-state index in [1.807, 2.05) is 0 Å². The van der Waals surface area contributed by atoms with E-state index in [2.05, 4.69) is 8.85 Å². The van der Waals surface area contributed by atoms with Gasteiger partial charge in [-0.3, -0.25) is 0 Å². The number of hydrogen-bond donors (Lipinski definition) is 0. The molecule has 18 heavy (non-hydrogen) atoms. The van der Waals surface area contributed by atoms with Gasteiger partial charge in [0.25, 0.3) is 0 Å². The largest absolute Gasteiger partial charge is 0.514 e. The van der Waals surface area contributed by atoms with Crippen molar-refractivity contribution in [2.75, 3.05) is 0 Å². The molecule has 0 spiro atoms. The number of alkyl halides is 5. The van der Waals surface area contributed by atoms with Crippen LogP contribution in [0.3, 0.4) is 0 Å². The Morgan fingerprint density at radius 3 is 2.11 bits per heavy atom. The normalized spacial score (nSPS) is 15.7. The molecule has 0 heterocycles. The standard InChI is InChI=1S/C10H11F5O2Si/c1-2-18(16-9(11)12,17-10(13,14)15)8-6-4-3-5-7-8/h3-7,9H,2H2,1H3. The molecule has 1 unspecified atom stereocenters. The van der Waals surface area contributed by atoms with Gasteiger partial charge in [0.1, 0.15) is 0 Å². The van der Waals surface area contributed by atoms with Gasteiger partial charge >= 0.3 is 21.5 Å². The molecule has 0 radical (unpaired) electrons. The highest BCUT2D eigenvalue weighted by Crippen LogP contribution is 2.27. The van der Waals surface area contributed by atoms with Gasteiger partial charge in [-0.15, -0.1) is 13.2 Å². The lowest BCUT2D eigenvalue weighted by atomic mass is 10.4. The molecule has 8 heteroatoms.